The van der Waals surface area contributed by atoms with E-state index in [1.807, 2.05) is 57.2 Å². The second-order valence-electron chi connectivity index (χ2n) is 17.2. The van der Waals surface area contributed by atoms with Gasteiger partial charge in [-0.05, 0) is 79.4 Å². The molecule has 0 unspecified atom stereocenters. The summed E-state index contributed by atoms with van der Waals surface area (Å²) in [7, 11) is 3.38. The summed E-state index contributed by atoms with van der Waals surface area (Å²) >= 11 is 5.71. The first-order chi connectivity index (χ1) is 32.8. The zero-order chi connectivity index (χ0) is 47.8. The van der Waals surface area contributed by atoms with Crippen molar-refractivity contribution >= 4 is 68.9 Å². The van der Waals surface area contributed by atoms with E-state index in [-0.39, 0.29) is 18.0 Å². The summed E-state index contributed by atoms with van der Waals surface area (Å²) in [6.07, 6.45) is 3.05. The van der Waals surface area contributed by atoms with Crippen molar-refractivity contribution in [2.24, 2.45) is 0 Å². The molecular formula is C49H55ClN14O4. The normalized spacial score (nSPS) is 13.6. The van der Waals surface area contributed by atoms with Crippen molar-refractivity contribution in [3.8, 4) is 11.5 Å². The number of methoxy groups -OCH3 is 2. The number of H-pyrrole nitrogens is 2. The molecule has 0 fully saturated rings. The Morgan fingerprint density at radius 2 is 1.19 bits per heavy atom. The number of nitrogens with two attached hydrogens (primary N) is 2. The number of nitrogen functional groups attached to an aromatic ring is 2. The molecular weight excluding hydrogens is 884 g/mol. The minimum Gasteiger partial charge on any atom is -0.497 e. The van der Waals surface area contributed by atoms with Gasteiger partial charge in [-0.15, -0.1) is 0 Å². The average Bonchev–Trinajstić information content (AvgIpc) is 3.92. The molecule has 0 bridgehead atoms. The maximum Gasteiger partial charge on any atom is 0.410 e. The summed E-state index contributed by atoms with van der Waals surface area (Å²) in [6.45, 7) is 11.5. The molecule has 0 spiro atoms. The topological polar surface area (TPSA) is 219 Å². The second-order valence-corrected chi connectivity index (χ2v) is 17.5. The Morgan fingerprint density at radius 3 is 1.78 bits per heavy atom. The highest BCUT2D eigenvalue weighted by Gasteiger charge is 2.27. The molecule has 4 aromatic heterocycles. The van der Waals surface area contributed by atoms with Crippen LogP contribution < -0.4 is 35.6 Å². The number of nitrogens with one attached hydrogen (secondary N) is 2. The Kier molecular flexibility index (Phi) is 14.2. The first kappa shape index (κ1) is 46.7. The number of halogens is 1. The molecule has 68 heavy (non-hydrogen) atoms. The van der Waals surface area contributed by atoms with Crippen molar-refractivity contribution in [3.05, 3.63) is 137 Å². The first-order valence-electron chi connectivity index (χ1n) is 22.1. The molecule has 1 amide bonds. The number of aromatic amines is 2. The minimum atomic E-state index is -0.497. The highest BCUT2D eigenvalue weighted by Crippen LogP contribution is 2.32. The number of carbonyl (C=O) groups excluding carboxylic acids is 1. The van der Waals surface area contributed by atoms with Gasteiger partial charge in [-0.25, -0.2) is 9.78 Å². The van der Waals surface area contributed by atoms with E-state index >= 15 is 0 Å². The summed E-state index contributed by atoms with van der Waals surface area (Å²) in [5.74, 6) is 2.92. The summed E-state index contributed by atoms with van der Waals surface area (Å²) in [5, 5.41) is 15.3. The van der Waals surface area contributed by atoms with E-state index in [1.165, 1.54) is 22.4 Å². The largest absolute Gasteiger partial charge is 0.497 e. The van der Waals surface area contributed by atoms with Gasteiger partial charge >= 0.3 is 6.09 Å². The van der Waals surface area contributed by atoms with Crippen LogP contribution in [-0.4, -0.2) is 97.3 Å². The lowest BCUT2D eigenvalue weighted by atomic mass is 10.1. The molecule has 2 aliphatic heterocycles. The molecule has 0 aliphatic carbocycles. The Morgan fingerprint density at radius 1 is 0.662 bits per heavy atom. The van der Waals surface area contributed by atoms with Crippen molar-refractivity contribution in [1.82, 2.24) is 45.2 Å². The third kappa shape index (κ3) is 11.4. The first-order valence-corrected chi connectivity index (χ1v) is 22.4. The lowest BCUT2D eigenvalue weighted by Crippen LogP contribution is -2.39. The van der Waals surface area contributed by atoms with Crippen molar-refractivity contribution in [2.45, 2.75) is 52.6 Å². The minimum absolute atomic E-state index is 0.145. The highest BCUT2D eigenvalue weighted by molar-refractivity contribution is 6.34. The SMILES string of the molecule is COc1cccc(CN2CCN(C(=O)OC(C)(C)C)Cc3ccccc32)c1.COc1cccc(CN2CCN(c3nc(N)nc4[nH]ncc34)Cc3ccccc32)c1.Nc1nc(Cl)c2cn[nH]c2n1. The number of nitrogens with zero attached hydrogens (tertiary/aromatic N) is 10. The molecule has 18 nitrogen and oxygen atoms in total. The monoisotopic (exact) mass is 938 g/mol. The lowest BCUT2D eigenvalue weighted by Gasteiger charge is -2.27. The number of anilines is 5. The maximum atomic E-state index is 12.6. The van der Waals surface area contributed by atoms with Crippen LogP contribution in [0.3, 0.4) is 0 Å². The quantitative estimate of drug-likeness (QED) is 0.111. The van der Waals surface area contributed by atoms with Crippen LogP contribution in [0.4, 0.5) is 33.9 Å². The molecule has 0 atom stereocenters. The van der Waals surface area contributed by atoms with Gasteiger partial charge in [0.1, 0.15) is 28.1 Å². The van der Waals surface area contributed by atoms with Crippen LogP contribution in [0.25, 0.3) is 22.1 Å². The summed E-state index contributed by atoms with van der Waals surface area (Å²) in [4.78, 5) is 37.7. The van der Waals surface area contributed by atoms with Crippen molar-refractivity contribution in [2.75, 3.05) is 66.6 Å². The van der Waals surface area contributed by atoms with E-state index in [0.717, 1.165) is 73.2 Å². The molecule has 0 saturated heterocycles. The van der Waals surface area contributed by atoms with Crippen LogP contribution in [0, 0.1) is 0 Å². The maximum absolute atomic E-state index is 12.6. The van der Waals surface area contributed by atoms with Crippen molar-refractivity contribution in [1.29, 1.82) is 0 Å². The number of carbonyl (C=O) groups is 1. The van der Waals surface area contributed by atoms with Gasteiger partial charge in [0.15, 0.2) is 11.3 Å². The second kappa shape index (κ2) is 20.8. The van der Waals surface area contributed by atoms with Crippen LogP contribution in [0.1, 0.15) is 43.0 Å². The number of hydrogen-bond donors (Lipinski definition) is 4. The van der Waals surface area contributed by atoms with E-state index in [9.17, 15) is 4.79 Å². The Hall–Kier alpha value is -7.86. The van der Waals surface area contributed by atoms with Crippen molar-refractivity contribution in [3.63, 3.8) is 0 Å². The number of ether oxygens (including phenoxy) is 3. The van der Waals surface area contributed by atoms with E-state index in [1.54, 1.807) is 31.5 Å². The van der Waals surface area contributed by atoms with E-state index in [2.05, 4.69) is 116 Å². The van der Waals surface area contributed by atoms with Gasteiger partial charge in [0.25, 0.3) is 0 Å². The molecule has 0 saturated carbocycles. The van der Waals surface area contributed by atoms with E-state index in [4.69, 9.17) is 37.3 Å². The third-order valence-electron chi connectivity index (χ3n) is 11.2. The standard InChI is InChI=1S/C22H23N7O.C22H28N2O3.C5H4ClN5/c1-30-17-7-4-5-15(11-17)13-28-9-10-29(14-16-6-2-3-8-19(16)28)21-18-12-24-27-20(18)25-22(23)26-21;1-22(2,3)27-21(25)24-13-12-23(20-11-6-5-9-18(20)16-24)15-17-8-7-10-19(14-17)26-4;6-3-2-1-8-11-4(2)10-5(7)9-3/h2-8,11-12H,9-10,13-14H2,1H3,(H3,23,24,25,26,27);5-11,14H,12-13,15-16H2,1-4H3;1H,(H3,7,8,9,10,11). The van der Waals surface area contributed by atoms with Crippen LogP contribution in [0.5, 0.6) is 11.5 Å². The third-order valence-corrected chi connectivity index (χ3v) is 11.5. The molecule has 2 aliphatic rings. The summed E-state index contributed by atoms with van der Waals surface area (Å²) < 4.78 is 16.3. The zero-order valence-corrected chi connectivity index (χ0v) is 39.4. The van der Waals surface area contributed by atoms with Gasteiger partial charge in [0.2, 0.25) is 11.9 Å². The fourth-order valence-electron chi connectivity index (χ4n) is 8.07. The molecule has 8 aromatic rings. The number of aromatic nitrogens is 8. The van der Waals surface area contributed by atoms with E-state index < -0.39 is 5.60 Å². The lowest BCUT2D eigenvalue weighted by molar-refractivity contribution is 0.0243. The molecule has 10 rings (SSSR count). The number of fused-ring (bicyclic) bond motifs is 4. The summed E-state index contributed by atoms with van der Waals surface area (Å²) in [5.41, 5.74) is 19.2. The fourth-order valence-corrected chi connectivity index (χ4v) is 8.29. The molecule has 0 radical (unpaired) electrons. The highest BCUT2D eigenvalue weighted by atomic mass is 35.5. The van der Waals surface area contributed by atoms with Crippen LogP contribution >= 0.6 is 11.6 Å². The Bertz CT molecular complexity index is 2990. The predicted molar refractivity (Wildman–Crippen MR) is 266 cm³/mol. The Balaban J connectivity index is 0.000000151. The number of hydrogen-bond acceptors (Lipinski definition) is 15. The van der Waals surface area contributed by atoms with Crippen molar-refractivity contribution < 1.29 is 19.0 Å². The Labute approximate surface area is 399 Å². The van der Waals surface area contributed by atoms with Crippen LogP contribution in [0.15, 0.2) is 109 Å². The van der Waals surface area contributed by atoms with Gasteiger partial charge in [0.05, 0.1) is 43.9 Å². The molecule has 6 N–H and O–H groups in total. The number of amides is 1. The molecule has 6 heterocycles. The number of para-hydroxylation sites is 2. The molecule has 19 heteroatoms. The van der Waals surface area contributed by atoms with Gasteiger partial charge in [-0.1, -0.05) is 72.3 Å². The number of rotatable bonds is 7. The van der Waals surface area contributed by atoms with E-state index in [0.29, 0.717) is 34.9 Å². The number of benzene rings is 4. The molecule has 4 aromatic carbocycles. The zero-order valence-electron chi connectivity index (χ0n) is 38.7. The fraction of sp³-hybridized carbons (Fsp3) is 0.286. The average molecular weight is 940 g/mol. The molecule has 352 valence electrons. The smallest absolute Gasteiger partial charge is 0.410 e. The van der Waals surface area contributed by atoms with Crippen LogP contribution in [0.2, 0.25) is 5.15 Å². The van der Waals surface area contributed by atoms with Crippen LogP contribution in [-0.2, 0) is 30.9 Å². The predicted octanol–water partition coefficient (Wildman–Crippen LogP) is 8.01. The van der Waals surface area contributed by atoms with Gasteiger partial charge in [-0.2, -0.15) is 25.1 Å². The van der Waals surface area contributed by atoms with Gasteiger partial charge in [-0.3, -0.25) is 10.2 Å². The summed E-state index contributed by atoms with van der Waals surface area (Å²) in [6, 6.07) is 33.1. The van der Waals surface area contributed by atoms with Gasteiger partial charge < -0.3 is 45.3 Å². The van der Waals surface area contributed by atoms with Gasteiger partial charge in [0, 0.05) is 57.2 Å².